The molecule has 0 unspecified atom stereocenters. The van der Waals surface area contributed by atoms with Crippen LogP contribution in [0.15, 0.2) is 24.5 Å². The number of nitrogens with two attached hydrogens (primary N) is 1. The third-order valence-corrected chi connectivity index (χ3v) is 4.41. The summed E-state index contributed by atoms with van der Waals surface area (Å²) in [6.45, 7) is 5.38. The molecule has 1 aromatic heterocycles. The summed E-state index contributed by atoms with van der Waals surface area (Å²) >= 11 is 0. The quantitative estimate of drug-likeness (QED) is 0.858. The molecule has 2 aromatic rings. The van der Waals surface area contributed by atoms with Gasteiger partial charge >= 0.3 is 0 Å². The lowest BCUT2D eigenvalue weighted by Gasteiger charge is -2.03. The molecule has 0 aliphatic heterocycles. The number of hydrogen-bond acceptors (Lipinski definition) is 2. The van der Waals surface area contributed by atoms with Crippen LogP contribution in [-0.2, 0) is 7.05 Å². The van der Waals surface area contributed by atoms with Gasteiger partial charge in [-0.3, -0.25) is 0 Å². The summed E-state index contributed by atoms with van der Waals surface area (Å²) in [5.41, 5.74) is 9.84. The van der Waals surface area contributed by atoms with Gasteiger partial charge in [-0.15, -0.1) is 0 Å². The van der Waals surface area contributed by atoms with E-state index in [0.29, 0.717) is 17.3 Å². The summed E-state index contributed by atoms with van der Waals surface area (Å²) < 4.78 is 2.05. The predicted octanol–water partition coefficient (Wildman–Crippen LogP) is 2.27. The lowest BCUT2D eigenvalue weighted by Crippen LogP contribution is -2.05. The maximum Gasteiger partial charge on any atom is 0.0955 e. The largest absolute Gasteiger partial charge is 0.334 e. The highest BCUT2D eigenvalue weighted by Crippen LogP contribution is 2.63. The summed E-state index contributed by atoms with van der Waals surface area (Å²) in [4.78, 5) is 4.42. The highest BCUT2D eigenvalue weighted by atomic mass is 15.0. The number of imidazole rings is 1. The molecule has 0 amide bonds. The molecule has 1 saturated carbocycles. The van der Waals surface area contributed by atoms with E-state index in [1.807, 2.05) is 13.4 Å². The van der Waals surface area contributed by atoms with E-state index in [1.165, 1.54) is 11.1 Å². The zero-order valence-electron chi connectivity index (χ0n) is 10.6. The minimum atomic E-state index is 0.344. The van der Waals surface area contributed by atoms with Gasteiger partial charge in [0.1, 0.15) is 0 Å². The first-order valence-electron chi connectivity index (χ1n) is 6.16. The Morgan fingerprint density at radius 1 is 1.41 bits per heavy atom. The monoisotopic (exact) mass is 229 g/mol. The standard InChI is InChI=1S/C14H19N3/c1-14(2)10(7-15)13(14)9-4-5-12-11(6-9)16-8-17(12)3/h4-6,8,10,13H,7,15H2,1-3H3/t10-,13-/m0/s1. The van der Waals surface area contributed by atoms with Crippen molar-refractivity contribution in [1.82, 2.24) is 9.55 Å². The van der Waals surface area contributed by atoms with Gasteiger partial charge in [0.2, 0.25) is 0 Å². The van der Waals surface area contributed by atoms with Crippen molar-refractivity contribution in [2.24, 2.45) is 24.1 Å². The fourth-order valence-corrected chi connectivity index (χ4v) is 3.19. The van der Waals surface area contributed by atoms with Gasteiger partial charge in [-0.05, 0) is 41.5 Å². The molecule has 2 N–H and O–H groups in total. The fourth-order valence-electron chi connectivity index (χ4n) is 3.19. The molecular formula is C14H19N3. The normalized spacial score (nSPS) is 26.4. The Morgan fingerprint density at radius 2 is 2.18 bits per heavy atom. The lowest BCUT2D eigenvalue weighted by molar-refractivity contribution is 0.558. The molecule has 0 spiro atoms. The maximum atomic E-state index is 5.83. The molecule has 0 bridgehead atoms. The molecule has 17 heavy (non-hydrogen) atoms. The second-order valence-electron chi connectivity index (χ2n) is 5.74. The van der Waals surface area contributed by atoms with Crippen LogP contribution in [0.25, 0.3) is 11.0 Å². The van der Waals surface area contributed by atoms with E-state index in [9.17, 15) is 0 Å². The number of fused-ring (bicyclic) bond motifs is 1. The first kappa shape index (κ1) is 10.8. The van der Waals surface area contributed by atoms with Gasteiger partial charge in [0.25, 0.3) is 0 Å². The van der Waals surface area contributed by atoms with E-state index < -0.39 is 0 Å². The first-order chi connectivity index (χ1) is 8.05. The van der Waals surface area contributed by atoms with E-state index in [2.05, 4.69) is 41.6 Å². The smallest absolute Gasteiger partial charge is 0.0955 e. The Bertz CT molecular complexity index is 568. The van der Waals surface area contributed by atoms with Crippen molar-refractivity contribution in [3.8, 4) is 0 Å². The van der Waals surface area contributed by atoms with Crippen LogP contribution in [0.2, 0.25) is 0 Å². The maximum absolute atomic E-state index is 5.83. The molecule has 1 aromatic carbocycles. The van der Waals surface area contributed by atoms with Gasteiger partial charge in [0.15, 0.2) is 0 Å². The summed E-state index contributed by atoms with van der Waals surface area (Å²) in [6.07, 6.45) is 1.87. The van der Waals surface area contributed by atoms with Gasteiger partial charge in [-0.2, -0.15) is 0 Å². The average molecular weight is 229 g/mol. The second-order valence-corrected chi connectivity index (χ2v) is 5.74. The molecule has 3 rings (SSSR count). The van der Waals surface area contributed by atoms with Gasteiger partial charge in [-0.1, -0.05) is 19.9 Å². The van der Waals surface area contributed by atoms with Crippen LogP contribution in [0, 0.1) is 11.3 Å². The number of benzene rings is 1. The number of aromatic nitrogens is 2. The molecule has 0 saturated heterocycles. The number of nitrogens with zero attached hydrogens (tertiary/aromatic N) is 2. The fraction of sp³-hybridized carbons (Fsp3) is 0.500. The van der Waals surface area contributed by atoms with Crippen molar-refractivity contribution in [2.45, 2.75) is 19.8 Å². The Kier molecular flexibility index (Phi) is 2.11. The predicted molar refractivity (Wildman–Crippen MR) is 69.8 cm³/mol. The highest BCUT2D eigenvalue weighted by molar-refractivity contribution is 5.76. The van der Waals surface area contributed by atoms with Crippen molar-refractivity contribution in [3.63, 3.8) is 0 Å². The van der Waals surface area contributed by atoms with Crippen molar-refractivity contribution >= 4 is 11.0 Å². The molecule has 2 atom stereocenters. The molecule has 3 heteroatoms. The van der Waals surface area contributed by atoms with Gasteiger partial charge < -0.3 is 10.3 Å². The topological polar surface area (TPSA) is 43.8 Å². The number of hydrogen-bond donors (Lipinski definition) is 1. The molecular weight excluding hydrogens is 210 g/mol. The van der Waals surface area contributed by atoms with Gasteiger partial charge in [0.05, 0.1) is 17.4 Å². The Balaban J connectivity index is 2.03. The van der Waals surface area contributed by atoms with Crippen LogP contribution in [0.1, 0.15) is 25.3 Å². The lowest BCUT2D eigenvalue weighted by atomic mass is 10.0. The summed E-state index contributed by atoms with van der Waals surface area (Å²) in [5, 5.41) is 0. The molecule has 1 fully saturated rings. The number of aryl methyl sites for hydroxylation is 1. The van der Waals surface area contributed by atoms with Crippen LogP contribution in [0.3, 0.4) is 0 Å². The van der Waals surface area contributed by atoms with Crippen LogP contribution in [0.4, 0.5) is 0 Å². The van der Waals surface area contributed by atoms with E-state index in [-0.39, 0.29) is 0 Å². The van der Waals surface area contributed by atoms with Crippen LogP contribution >= 0.6 is 0 Å². The second kappa shape index (κ2) is 3.33. The minimum Gasteiger partial charge on any atom is -0.334 e. The van der Waals surface area contributed by atoms with E-state index in [1.54, 1.807) is 0 Å². The van der Waals surface area contributed by atoms with Crippen molar-refractivity contribution in [3.05, 3.63) is 30.1 Å². The van der Waals surface area contributed by atoms with Gasteiger partial charge in [0, 0.05) is 7.05 Å². The van der Waals surface area contributed by atoms with Crippen LogP contribution < -0.4 is 5.73 Å². The van der Waals surface area contributed by atoms with E-state index >= 15 is 0 Å². The molecule has 90 valence electrons. The zero-order valence-corrected chi connectivity index (χ0v) is 10.6. The first-order valence-corrected chi connectivity index (χ1v) is 6.16. The molecule has 0 radical (unpaired) electrons. The summed E-state index contributed by atoms with van der Waals surface area (Å²) in [6, 6.07) is 6.61. The summed E-state index contributed by atoms with van der Waals surface area (Å²) in [7, 11) is 2.03. The Morgan fingerprint density at radius 3 is 2.82 bits per heavy atom. The minimum absolute atomic E-state index is 0.344. The number of rotatable bonds is 2. The van der Waals surface area contributed by atoms with Crippen molar-refractivity contribution in [1.29, 1.82) is 0 Å². The molecule has 1 heterocycles. The Labute approximate surface area is 102 Å². The highest BCUT2D eigenvalue weighted by Gasteiger charge is 2.57. The molecule has 1 aliphatic rings. The average Bonchev–Trinajstić information content (AvgIpc) is 2.66. The van der Waals surface area contributed by atoms with E-state index in [0.717, 1.165) is 12.1 Å². The Hall–Kier alpha value is -1.35. The van der Waals surface area contributed by atoms with Crippen LogP contribution in [0.5, 0.6) is 0 Å². The van der Waals surface area contributed by atoms with Crippen LogP contribution in [-0.4, -0.2) is 16.1 Å². The zero-order chi connectivity index (χ0) is 12.2. The molecule has 3 nitrogen and oxygen atoms in total. The SMILES string of the molecule is Cn1cnc2cc([C@H]3[C@H](CN)C3(C)C)ccc21. The van der Waals surface area contributed by atoms with Crippen molar-refractivity contribution < 1.29 is 0 Å². The van der Waals surface area contributed by atoms with Crippen molar-refractivity contribution in [2.75, 3.05) is 6.54 Å². The van der Waals surface area contributed by atoms with E-state index in [4.69, 9.17) is 5.73 Å². The molecule has 1 aliphatic carbocycles. The third-order valence-electron chi connectivity index (χ3n) is 4.41. The summed E-state index contributed by atoms with van der Waals surface area (Å²) in [5.74, 6) is 1.21. The van der Waals surface area contributed by atoms with Gasteiger partial charge in [-0.25, -0.2) is 4.98 Å². The third kappa shape index (κ3) is 1.42.